The minimum atomic E-state index is -0.320. The zero-order valence-electron chi connectivity index (χ0n) is 16.5. The molecule has 5 nitrogen and oxygen atoms in total. The summed E-state index contributed by atoms with van der Waals surface area (Å²) in [5.74, 6) is -0.105. The van der Waals surface area contributed by atoms with Crippen molar-refractivity contribution in [2.45, 2.75) is 84.5 Å². The number of hydrogen-bond donors (Lipinski definition) is 0. The Balaban J connectivity index is 3.84. The lowest BCUT2D eigenvalue weighted by Gasteiger charge is -2.16. The predicted molar refractivity (Wildman–Crippen MR) is 99.4 cm³/mol. The molecule has 1 atom stereocenters. The lowest BCUT2D eigenvalue weighted by molar-refractivity contribution is -0.150. The normalized spacial score (nSPS) is 12.0. The molecule has 25 heavy (non-hydrogen) atoms. The highest BCUT2D eigenvalue weighted by Crippen LogP contribution is 2.18. The van der Waals surface area contributed by atoms with Crippen LogP contribution in [0.15, 0.2) is 0 Å². The van der Waals surface area contributed by atoms with E-state index in [0.29, 0.717) is 19.1 Å². The Bertz CT molecular complexity index is 330. The van der Waals surface area contributed by atoms with Crippen LogP contribution in [0, 0.1) is 5.92 Å². The van der Waals surface area contributed by atoms with Crippen LogP contribution in [0.4, 0.5) is 0 Å². The SMILES string of the molecule is CCCCCCC(CCOC)CCOC(=O)CCC(=O)OCCCC. The number of unbranched alkanes of at least 4 members (excludes halogenated alkanes) is 4. The van der Waals surface area contributed by atoms with Crippen molar-refractivity contribution in [1.82, 2.24) is 0 Å². The highest BCUT2D eigenvalue weighted by molar-refractivity contribution is 5.77. The number of methoxy groups -OCH3 is 1. The van der Waals surface area contributed by atoms with Gasteiger partial charge in [-0.05, 0) is 25.2 Å². The topological polar surface area (TPSA) is 61.8 Å². The predicted octanol–water partition coefficient (Wildman–Crippen LogP) is 4.67. The van der Waals surface area contributed by atoms with Gasteiger partial charge in [-0.15, -0.1) is 0 Å². The third-order valence-corrected chi connectivity index (χ3v) is 4.28. The van der Waals surface area contributed by atoms with Crippen molar-refractivity contribution in [2.24, 2.45) is 5.92 Å². The fraction of sp³-hybridized carbons (Fsp3) is 0.900. The Hall–Kier alpha value is -1.10. The van der Waals surface area contributed by atoms with Gasteiger partial charge in [0, 0.05) is 13.7 Å². The minimum absolute atomic E-state index is 0.101. The van der Waals surface area contributed by atoms with Crippen LogP contribution in [0.2, 0.25) is 0 Å². The molecule has 0 N–H and O–H groups in total. The molecule has 0 aliphatic carbocycles. The molecular weight excluding hydrogens is 320 g/mol. The van der Waals surface area contributed by atoms with Gasteiger partial charge in [-0.1, -0.05) is 52.4 Å². The smallest absolute Gasteiger partial charge is 0.306 e. The van der Waals surface area contributed by atoms with Crippen LogP contribution in [-0.4, -0.2) is 38.9 Å². The van der Waals surface area contributed by atoms with Crippen LogP contribution in [0.25, 0.3) is 0 Å². The highest BCUT2D eigenvalue weighted by atomic mass is 16.5. The second-order valence-corrected chi connectivity index (χ2v) is 6.58. The first-order valence-electron chi connectivity index (χ1n) is 9.94. The summed E-state index contributed by atoms with van der Waals surface area (Å²) in [5, 5.41) is 0. The molecule has 5 heteroatoms. The summed E-state index contributed by atoms with van der Waals surface area (Å²) in [6.45, 7) is 5.85. The van der Waals surface area contributed by atoms with Gasteiger partial charge in [0.15, 0.2) is 0 Å². The van der Waals surface area contributed by atoms with Crippen molar-refractivity contribution in [3.8, 4) is 0 Å². The number of carbonyl (C=O) groups excluding carboxylic acids is 2. The van der Waals surface area contributed by atoms with Crippen molar-refractivity contribution in [3.05, 3.63) is 0 Å². The van der Waals surface area contributed by atoms with E-state index in [0.717, 1.165) is 38.7 Å². The molecule has 0 spiro atoms. The highest BCUT2D eigenvalue weighted by Gasteiger charge is 2.12. The summed E-state index contributed by atoms with van der Waals surface area (Å²) in [4.78, 5) is 23.2. The monoisotopic (exact) mass is 358 g/mol. The van der Waals surface area contributed by atoms with Crippen molar-refractivity contribution >= 4 is 11.9 Å². The maximum absolute atomic E-state index is 11.7. The zero-order chi connectivity index (χ0) is 18.8. The van der Waals surface area contributed by atoms with Crippen LogP contribution in [-0.2, 0) is 23.8 Å². The van der Waals surface area contributed by atoms with Crippen molar-refractivity contribution < 1.29 is 23.8 Å². The summed E-state index contributed by atoms with van der Waals surface area (Å²) < 4.78 is 15.5. The van der Waals surface area contributed by atoms with E-state index >= 15 is 0 Å². The Morgan fingerprint density at radius 3 is 1.92 bits per heavy atom. The fourth-order valence-corrected chi connectivity index (χ4v) is 2.60. The summed E-state index contributed by atoms with van der Waals surface area (Å²) in [6, 6.07) is 0. The molecule has 0 saturated carbocycles. The number of hydrogen-bond acceptors (Lipinski definition) is 5. The van der Waals surface area contributed by atoms with E-state index in [4.69, 9.17) is 14.2 Å². The van der Waals surface area contributed by atoms with E-state index in [9.17, 15) is 9.59 Å². The molecule has 0 saturated heterocycles. The molecular formula is C20H38O5. The maximum atomic E-state index is 11.7. The zero-order valence-corrected chi connectivity index (χ0v) is 16.5. The second kappa shape index (κ2) is 17.7. The number of rotatable bonds is 17. The number of carbonyl (C=O) groups is 2. The van der Waals surface area contributed by atoms with Gasteiger partial charge in [-0.25, -0.2) is 0 Å². The molecule has 0 aliphatic rings. The van der Waals surface area contributed by atoms with E-state index in [2.05, 4.69) is 6.92 Å². The van der Waals surface area contributed by atoms with Gasteiger partial charge in [0.05, 0.1) is 26.1 Å². The van der Waals surface area contributed by atoms with Gasteiger partial charge >= 0.3 is 11.9 Å². The van der Waals surface area contributed by atoms with Crippen LogP contribution in [0.1, 0.15) is 84.5 Å². The van der Waals surface area contributed by atoms with E-state index in [-0.39, 0.29) is 24.8 Å². The summed E-state index contributed by atoms with van der Waals surface area (Å²) in [7, 11) is 1.72. The average Bonchev–Trinajstić information content (AvgIpc) is 2.61. The first-order valence-corrected chi connectivity index (χ1v) is 9.94. The molecule has 0 fully saturated rings. The van der Waals surface area contributed by atoms with Crippen LogP contribution in [0.5, 0.6) is 0 Å². The first kappa shape index (κ1) is 23.9. The van der Waals surface area contributed by atoms with Crippen molar-refractivity contribution in [1.29, 1.82) is 0 Å². The Morgan fingerprint density at radius 2 is 1.32 bits per heavy atom. The molecule has 0 rings (SSSR count). The van der Waals surface area contributed by atoms with Gasteiger partial charge in [0.1, 0.15) is 0 Å². The summed E-state index contributed by atoms with van der Waals surface area (Å²) in [5.41, 5.74) is 0. The average molecular weight is 359 g/mol. The number of ether oxygens (including phenoxy) is 3. The molecule has 0 amide bonds. The maximum Gasteiger partial charge on any atom is 0.306 e. The third kappa shape index (κ3) is 16.1. The lowest BCUT2D eigenvalue weighted by Crippen LogP contribution is -2.14. The molecule has 0 aromatic heterocycles. The standard InChI is InChI=1S/C20H38O5/c1-4-6-8-9-10-18(13-16-23-3)14-17-25-20(22)12-11-19(21)24-15-7-5-2/h18H,4-17H2,1-3H3. The molecule has 0 radical (unpaired) electrons. The Labute approximate surface area is 153 Å². The third-order valence-electron chi connectivity index (χ3n) is 4.28. The van der Waals surface area contributed by atoms with Crippen LogP contribution < -0.4 is 0 Å². The molecule has 0 heterocycles. The quantitative estimate of drug-likeness (QED) is 0.279. The first-order chi connectivity index (χ1) is 12.1. The van der Waals surface area contributed by atoms with E-state index < -0.39 is 0 Å². The van der Waals surface area contributed by atoms with Crippen molar-refractivity contribution in [2.75, 3.05) is 26.9 Å². The van der Waals surface area contributed by atoms with Gasteiger partial charge in [0.2, 0.25) is 0 Å². The van der Waals surface area contributed by atoms with Gasteiger partial charge in [-0.2, -0.15) is 0 Å². The molecule has 0 aromatic carbocycles. The molecule has 0 bridgehead atoms. The van der Waals surface area contributed by atoms with Crippen LogP contribution in [0.3, 0.4) is 0 Å². The Morgan fingerprint density at radius 1 is 0.720 bits per heavy atom. The van der Waals surface area contributed by atoms with Gasteiger partial charge in [-0.3, -0.25) is 9.59 Å². The van der Waals surface area contributed by atoms with Gasteiger partial charge in [0.25, 0.3) is 0 Å². The summed E-state index contributed by atoms with van der Waals surface area (Å²) >= 11 is 0. The Kier molecular flexibility index (Phi) is 16.9. The van der Waals surface area contributed by atoms with Gasteiger partial charge < -0.3 is 14.2 Å². The van der Waals surface area contributed by atoms with E-state index in [1.807, 2.05) is 6.92 Å². The largest absolute Gasteiger partial charge is 0.466 e. The number of esters is 2. The van der Waals surface area contributed by atoms with E-state index in [1.165, 1.54) is 25.7 Å². The van der Waals surface area contributed by atoms with Crippen LogP contribution >= 0.6 is 0 Å². The molecule has 0 aromatic rings. The van der Waals surface area contributed by atoms with Crippen molar-refractivity contribution in [3.63, 3.8) is 0 Å². The second-order valence-electron chi connectivity index (χ2n) is 6.58. The molecule has 148 valence electrons. The summed E-state index contributed by atoms with van der Waals surface area (Å²) in [6.07, 6.45) is 10.1. The minimum Gasteiger partial charge on any atom is -0.466 e. The molecule has 1 unspecified atom stereocenters. The fourth-order valence-electron chi connectivity index (χ4n) is 2.60. The molecule has 0 aliphatic heterocycles. The lowest BCUT2D eigenvalue weighted by atomic mass is 9.95. The van der Waals surface area contributed by atoms with E-state index in [1.54, 1.807) is 7.11 Å².